The lowest BCUT2D eigenvalue weighted by Crippen LogP contribution is -2.27. The second-order valence-corrected chi connectivity index (χ2v) is 7.84. The van der Waals surface area contributed by atoms with Crippen molar-refractivity contribution >= 4 is 23.2 Å². The Bertz CT molecular complexity index is 626. The molecule has 0 saturated carbocycles. The number of halogens is 2. The summed E-state index contributed by atoms with van der Waals surface area (Å²) in [5.74, 6) is 2.95. The molecule has 0 aromatic heterocycles. The summed E-state index contributed by atoms with van der Waals surface area (Å²) < 4.78 is 11.3. The minimum atomic E-state index is 0.555. The largest absolute Gasteiger partial charge is 0.492 e. The molecule has 0 radical (unpaired) electrons. The van der Waals surface area contributed by atoms with Crippen LogP contribution in [0.15, 0.2) is 48.5 Å². The zero-order valence-corrected chi connectivity index (χ0v) is 21.7. The molecule has 6 heteroatoms. The van der Waals surface area contributed by atoms with Gasteiger partial charge in [-0.05, 0) is 61.6 Å². The average Bonchev–Trinajstić information content (AvgIpc) is 2.85. The molecular weight excluding hydrogens is 443 g/mol. The second-order valence-electron chi connectivity index (χ2n) is 7.31. The van der Waals surface area contributed by atoms with Crippen molar-refractivity contribution < 1.29 is 9.47 Å². The third kappa shape index (κ3) is 12.0. The molecule has 0 aliphatic rings. The highest BCUT2D eigenvalue weighted by Gasteiger charge is 2.00. The van der Waals surface area contributed by atoms with E-state index in [9.17, 15) is 0 Å². The van der Waals surface area contributed by atoms with Crippen molar-refractivity contribution in [2.24, 2.45) is 0 Å². The first-order valence-electron chi connectivity index (χ1n) is 11.6. The number of hydrogen-bond acceptors (Lipinski definition) is 4. The summed E-state index contributed by atoms with van der Waals surface area (Å²) in [5.41, 5.74) is 2.25. The van der Waals surface area contributed by atoms with E-state index in [2.05, 4.69) is 37.5 Å². The molecule has 0 spiro atoms. The molecule has 0 atom stereocenters. The highest BCUT2D eigenvalue weighted by Crippen LogP contribution is 2.14. The van der Waals surface area contributed by atoms with Crippen LogP contribution >= 0.6 is 23.2 Å². The van der Waals surface area contributed by atoms with E-state index in [1.54, 1.807) is 0 Å². The van der Waals surface area contributed by atoms with Crippen LogP contribution in [0, 0.1) is 0 Å². The van der Waals surface area contributed by atoms with Crippen LogP contribution in [0.3, 0.4) is 0 Å². The van der Waals surface area contributed by atoms with Gasteiger partial charge in [-0.2, -0.15) is 0 Å². The second kappa shape index (κ2) is 18.0. The monoisotopic (exact) mass is 482 g/mol. The highest BCUT2D eigenvalue weighted by atomic mass is 35.5. The van der Waals surface area contributed by atoms with E-state index in [1.807, 2.05) is 48.5 Å². The summed E-state index contributed by atoms with van der Waals surface area (Å²) in [5, 5.41) is 0. The summed E-state index contributed by atoms with van der Waals surface area (Å²) >= 11 is 11.4. The normalized spacial score (nSPS) is 10.8. The maximum atomic E-state index is 5.72. The first-order chi connectivity index (χ1) is 15.6. The third-order valence-electron chi connectivity index (χ3n) is 5.30. The van der Waals surface area contributed by atoms with Gasteiger partial charge in [0.05, 0.1) is 0 Å². The van der Waals surface area contributed by atoms with Crippen molar-refractivity contribution in [3.8, 4) is 11.5 Å². The average molecular weight is 484 g/mol. The zero-order valence-electron chi connectivity index (χ0n) is 20.2. The van der Waals surface area contributed by atoms with Crippen LogP contribution in [0.2, 0.25) is 0 Å². The molecular formula is C26H40Cl2N2O2. The van der Waals surface area contributed by atoms with Gasteiger partial charge in [0.25, 0.3) is 0 Å². The lowest BCUT2D eigenvalue weighted by atomic mass is 10.2. The number of ether oxygens (including phenoxy) is 2. The lowest BCUT2D eigenvalue weighted by Gasteiger charge is -2.17. The molecule has 180 valence electrons. The molecule has 4 nitrogen and oxygen atoms in total. The molecule has 0 unspecified atom stereocenters. The molecule has 2 aromatic rings. The zero-order chi connectivity index (χ0) is 23.6. The molecule has 0 amide bonds. The van der Waals surface area contributed by atoms with Crippen molar-refractivity contribution in [2.45, 2.75) is 39.5 Å². The molecule has 0 N–H and O–H groups in total. The van der Waals surface area contributed by atoms with Crippen LogP contribution in [0.1, 0.15) is 38.8 Å². The van der Waals surface area contributed by atoms with Crippen molar-refractivity contribution in [1.29, 1.82) is 0 Å². The Morgan fingerprint density at radius 1 is 0.562 bits per heavy atom. The highest BCUT2D eigenvalue weighted by molar-refractivity contribution is 6.17. The summed E-state index contributed by atoms with van der Waals surface area (Å²) in [6.07, 6.45) is 0. The van der Waals surface area contributed by atoms with E-state index in [0.29, 0.717) is 11.8 Å². The van der Waals surface area contributed by atoms with E-state index in [1.165, 1.54) is 0 Å². The maximum Gasteiger partial charge on any atom is 0.119 e. The molecule has 0 saturated heterocycles. The topological polar surface area (TPSA) is 24.9 Å². The van der Waals surface area contributed by atoms with E-state index in [4.69, 9.17) is 32.7 Å². The Hall–Kier alpha value is -1.46. The van der Waals surface area contributed by atoms with Crippen LogP contribution < -0.4 is 9.47 Å². The van der Waals surface area contributed by atoms with Crippen LogP contribution in [0.5, 0.6) is 11.5 Å². The van der Waals surface area contributed by atoms with Gasteiger partial charge in [-0.15, -0.1) is 23.2 Å². The van der Waals surface area contributed by atoms with Gasteiger partial charge in [-0.3, -0.25) is 0 Å². The first-order valence-corrected chi connectivity index (χ1v) is 12.7. The van der Waals surface area contributed by atoms with Crippen molar-refractivity contribution in [1.82, 2.24) is 9.80 Å². The van der Waals surface area contributed by atoms with Crippen LogP contribution in [-0.4, -0.2) is 62.3 Å². The summed E-state index contributed by atoms with van der Waals surface area (Å²) in [6, 6.07) is 15.9. The number of nitrogens with zero attached hydrogens (tertiary/aromatic N) is 2. The SMILES string of the molecule is CCN(CC)CCOc1ccc(CCl)cc1.CCN(CC)CCOc1ccc(CCl)cc1. The maximum absolute atomic E-state index is 5.72. The van der Waals surface area contributed by atoms with Gasteiger partial charge in [-0.25, -0.2) is 0 Å². The van der Waals surface area contributed by atoms with Crippen LogP contribution in [0.4, 0.5) is 0 Å². The lowest BCUT2D eigenvalue weighted by molar-refractivity contribution is 0.223. The Balaban J connectivity index is 0.000000320. The number of hydrogen-bond donors (Lipinski definition) is 0. The van der Waals surface area contributed by atoms with Gasteiger partial charge in [0.1, 0.15) is 24.7 Å². The van der Waals surface area contributed by atoms with Gasteiger partial charge in [-0.1, -0.05) is 52.0 Å². The predicted molar refractivity (Wildman–Crippen MR) is 139 cm³/mol. The van der Waals surface area contributed by atoms with E-state index >= 15 is 0 Å². The minimum Gasteiger partial charge on any atom is -0.492 e. The smallest absolute Gasteiger partial charge is 0.119 e. The fraction of sp³-hybridized carbons (Fsp3) is 0.538. The van der Waals surface area contributed by atoms with E-state index in [-0.39, 0.29) is 0 Å². The predicted octanol–water partition coefficient (Wildman–Crippen LogP) is 6.29. The number of rotatable bonds is 14. The number of benzene rings is 2. The first kappa shape index (κ1) is 28.6. The van der Waals surface area contributed by atoms with Gasteiger partial charge < -0.3 is 19.3 Å². The van der Waals surface area contributed by atoms with Gasteiger partial charge in [0.15, 0.2) is 0 Å². The molecule has 0 fully saturated rings. The fourth-order valence-corrected chi connectivity index (χ4v) is 3.37. The molecule has 0 aliphatic carbocycles. The summed E-state index contributed by atoms with van der Waals surface area (Å²) in [7, 11) is 0. The quantitative estimate of drug-likeness (QED) is 0.295. The number of alkyl halides is 2. The van der Waals surface area contributed by atoms with Crippen LogP contribution in [-0.2, 0) is 11.8 Å². The summed E-state index contributed by atoms with van der Waals surface area (Å²) in [4.78, 5) is 4.68. The Kier molecular flexibility index (Phi) is 16.1. The molecule has 2 rings (SSSR count). The standard InChI is InChI=1S/2C13H20ClNO/c2*1-3-15(4-2)9-10-16-13-7-5-12(11-14)6-8-13/h2*5-8H,3-4,9-11H2,1-2H3. The summed E-state index contributed by atoms with van der Waals surface area (Å²) in [6.45, 7) is 16.4. The Morgan fingerprint density at radius 2 is 0.875 bits per heavy atom. The van der Waals surface area contributed by atoms with Crippen molar-refractivity contribution in [3.05, 3.63) is 59.7 Å². The molecule has 0 bridgehead atoms. The third-order valence-corrected chi connectivity index (χ3v) is 5.91. The van der Waals surface area contributed by atoms with Gasteiger partial charge in [0, 0.05) is 24.8 Å². The van der Waals surface area contributed by atoms with Crippen molar-refractivity contribution in [3.63, 3.8) is 0 Å². The van der Waals surface area contributed by atoms with Crippen LogP contribution in [0.25, 0.3) is 0 Å². The van der Waals surface area contributed by atoms with Gasteiger partial charge >= 0.3 is 0 Å². The fourth-order valence-electron chi connectivity index (χ4n) is 3.01. The minimum absolute atomic E-state index is 0.555. The Labute approximate surface area is 205 Å². The Morgan fingerprint density at radius 3 is 1.12 bits per heavy atom. The van der Waals surface area contributed by atoms with E-state index < -0.39 is 0 Å². The number of likely N-dealkylation sites (N-methyl/N-ethyl adjacent to an activating group) is 2. The molecule has 0 heterocycles. The molecule has 2 aromatic carbocycles. The van der Waals surface area contributed by atoms with Crippen molar-refractivity contribution in [2.75, 3.05) is 52.5 Å². The molecule has 0 aliphatic heterocycles. The van der Waals surface area contributed by atoms with E-state index in [0.717, 1.165) is 75.1 Å². The molecule has 32 heavy (non-hydrogen) atoms. The van der Waals surface area contributed by atoms with Gasteiger partial charge in [0.2, 0.25) is 0 Å².